The van der Waals surface area contributed by atoms with Crippen LogP contribution >= 0.6 is 0 Å². The summed E-state index contributed by atoms with van der Waals surface area (Å²) in [5.41, 5.74) is 1.11. The van der Waals surface area contributed by atoms with Gasteiger partial charge in [0.25, 0.3) is 11.7 Å². The first kappa shape index (κ1) is 25.6. The molecular weight excluding hydrogens is 462 g/mol. The SMILES string of the molecule is CCCCCOc1cccc(C2C(=C(O)c3ccc4c(c3)OCCO4)C(=O)C(=O)N2CCCOC)c1. The van der Waals surface area contributed by atoms with Crippen LogP contribution in [0, 0.1) is 0 Å². The van der Waals surface area contributed by atoms with Gasteiger partial charge in [-0.2, -0.15) is 0 Å². The molecule has 4 rings (SSSR count). The number of rotatable bonds is 11. The monoisotopic (exact) mass is 495 g/mol. The molecule has 0 bridgehead atoms. The Balaban J connectivity index is 1.73. The van der Waals surface area contributed by atoms with Crippen molar-refractivity contribution in [3.63, 3.8) is 0 Å². The largest absolute Gasteiger partial charge is 0.507 e. The molecule has 1 atom stereocenters. The van der Waals surface area contributed by atoms with E-state index in [9.17, 15) is 14.7 Å². The van der Waals surface area contributed by atoms with Gasteiger partial charge >= 0.3 is 0 Å². The third-order valence-corrected chi connectivity index (χ3v) is 6.29. The Morgan fingerprint density at radius 3 is 2.61 bits per heavy atom. The second-order valence-electron chi connectivity index (χ2n) is 8.83. The van der Waals surface area contributed by atoms with Gasteiger partial charge in [-0.15, -0.1) is 0 Å². The number of hydrogen-bond donors (Lipinski definition) is 1. The number of likely N-dealkylation sites (tertiary alicyclic amines) is 1. The second-order valence-corrected chi connectivity index (χ2v) is 8.83. The summed E-state index contributed by atoms with van der Waals surface area (Å²) in [5, 5.41) is 11.3. The number of aliphatic hydroxyl groups excluding tert-OH is 1. The predicted molar refractivity (Wildman–Crippen MR) is 134 cm³/mol. The molecule has 2 aliphatic rings. The van der Waals surface area contributed by atoms with Gasteiger partial charge in [-0.25, -0.2) is 0 Å². The van der Waals surface area contributed by atoms with E-state index in [0.717, 1.165) is 19.3 Å². The number of nitrogens with zero attached hydrogens (tertiary/aromatic N) is 1. The minimum atomic E-state index is -0.755. The molecule has 0 saturated carbocycles. The number of ketones is 1. The van der Waals surface area contributed by atoms with E-state index in [0.29, 0.717) is 67.8 Å². The number of hydrogen-bond acceptors (Lipinski definition) is 7. The zero-order valence-electron chi connectivity index (χ0n) is 20.8. The Kier molecular flexibility index (Phi) is 8.48. The molecule has 0 spiro atoms. The molecule has 8 heteroatoms. The normalized spacial score (nSPS) is 18.5. The fraction of sp³-hybridized carbons (Fsp3) is 0.429. The summed E-state index contributed by atoms with van der Waals surface area (Å²) in [7, 11) is 1.59. The number of methoxy groups -OCH3 is 1. The van der Waals surface area contributed by atoms with E-state index in [1.54, 1.807) is 25.3 Å². The van der Waals surface area contributed by atoms with E-state index >= 15 is 0 Å². The molecule has 2 heterocycles. The quantitative estimate of drug-likeness (QED) is 0.212. The van der Waals surface area contributed by atoms with Gasteiger partial charge in [0.1, 0.15) is 24.7 Å². The number of fused-ring (bicyclic) bond motifs is 1. The first-order chi connectivity index (χ1) is 17.5. The molecule has 8 nitrogen and oxygen atoms in total. The lowest BCUT2D eigenvalue weighted by atomic mass is 9.95. The number of ether oxygens (including phenoxy) is 4. The van der Waals surface area contributed by atoms with Crippen molar-refractivity contribution in [1.29, 1.82) is 0 Å². The van der Waals surface area contributed by atoms with Crippen molar-refractivity contribution in [2.75, 3.05) is 40.1 Å². The van der Waals surface area contributed by atoms with Crippen molar-refractivity contribution >= 4 is 17.4 Å². The number of carbonyl (C=O) groups is 2. The zero-order valence-corrected chi connectivity index (χ0v) is 20.8. The summed E-state index contributed by atoms with van der Waals surface area (Å²) in [5.74, 6) is 0.0914. The molecule has 192 valence electrons. The number of amides is 1. The fourth-order valence-electron chi connectivity index (χ4n) is 4.50. The van der Waals surface area contributed by atoms with Crippen molar-refractivity contribution in [2.45, 2.75) is 38.6 Å². The molecule has 1 amide bonds. The number of benzene rings is 2. The van der Waals surface area contributed by atoms with Gasteiger partial charge in [-0.1, -0.05) is 31.9 Å². The Morgan fingerprint density at radius 2 is 1.83 bits per heavy atom. The van der Waals surface area contributed by atoms with Crippen molar-refractivity contribution in [1.82, 2.24) is 4.90 Å². The smallest absolute Gasteiger partial charge is 0.295 e. The molecule has 1 fully saturated rings. The van der Waals surface area contributed by atoms with Crippen molar-refractivity contribution in [2.24, 2.45) is 0 Å². The summed E-state index contributed by atoms with van der Waals surface area (Å²) in [4.78, 5) is 27.8. The van der Waals surface area contributed by atoms with Crippen LogP contribution in [0.15, 0.2) is 48.0 Å². The molecule has 36 heavy (non-hydrogen) atoms. The van der Waals surface area contributed by atoms with Gasteiger partial charge in [0.05, 0.1) is 18.2 Å². The molecule has 1 saturated heterocycles. The number of Topliss-reactive ketones (excluding diaryl/α,β-unsaturated/α-hetero) is 1. The average Bonchev–Trinajstić information content (AvgIpc) is 3.16. The van der Waals surface area contributed by atoms with E-state index in [4.69, 9.17) is 18.9 Å². The molecule has 1 unspecified atom stereocenters. The van der Waals surface area contributed by atoms with Gasteiger partial charge in [-0.05, 0) is 48.7 Å². The lowest BCUT2D eigenvalue weighted by molar-refractivity contribution is -0.140. The highest BCUT2D eigenvalue weighted by atomic mass is 16.6. The van der Waals surface area contributed by atoms with E-state index < -0.39 is 17.7 Å². The predicted octanol–water partition coefficient (Wildman–Crippen LogP) is 4.49. The highest BCUT2D eigenvalue weighted by Crippen LogP contribution is 2.41. The number of unbranched alkanes of at least 4 members (excludes halogenated alkanes) is 2. The number of aliphatic hydroxyl groups is 1. The molecule has 2 aliphatic heterocycles. The summed E-state index contributed by atoms with van der Waals surface area (Å²) in [6, 6.07) is 11.6. The first-order valence-corrected chi connectivity index (χ1v) is 12.4. The molecule has 0 radical (unpaired) electrons. The minimum Gasteiger partial charge on any atom is -0.507 e. The van der Waals surface area contributed by atoms with E-state index in [2.05, 4.69) is 6.92 Å². The van der Waals surface area contributed by atoms with Crippen LogP contribution in [-0.4, -0.2) is 61.8 Å². The van der Waals surface area contributed by atoms with E-state index in [1.807, 2.05) is 24.3 Å². The third-order valence-electron chi connectivity index (χ3n) is 6.29. The van der Waals surface area contributed by atoms with Gasteiger partial charge in [-0.3, -0.25) is 9.59 Å². The molecule has 0 aromatic heterocycles. The Hall–Kier alpha value is -3.52. The van der Waals surface area contributed by atoms with E-state index in [-0.39, 0.29) is 11.3 Å². The van der Waals surface area contributed by atoms with Crippen LogP contribution in [0.2, 0.25) is 0 Å². The highest BCUT2D eigenvalue weighted by Gasteiger charge is 2.46. The van der Waals surface area contributed by atoms with Crippen LogP contribution in [0.25, 0.3) is 5.76 Å². The molecule has 2 aromatic carbocycles. The van der Waals surface area contributed by atoms with E-state index in [1.165, 1.54) is 4.90 Å². The maximum atomic E-state index is 13.2. The standard InChI is InChI=1S/C28H33NO7/c1-3-4-5-14-34-21-9-6-8-19(17-21)25-24(27(31)28(32)29(25)12-7-13-33-2)26(30)20-10-11-22-23(18-20)36-16-15-35-22/h6,8-11,17-18,25,30H,3-5,7,12-16H2,1-2H3. The maximum Gasteiger partial charge on any atom is 0.295 e. The maximum absolute atomic E-state index is 13.2. The minimum absolute atomic E-state index is 0.0391. The van der Waals surface area contributed by atoms with Gasteiger partial charge in [0.2, 0.25) is 0 Å². The Morgan fingerprint density at radius 1 is 1.03 bits per heavy atom. The Labute approximate surface area is 211 Å². The lowest BCUT2D eigenvalue weighted by Gasteiger charge is -2.26. The second kappa shape index (κ2) is 11.9. The van der Waals surface area contributed by atoms with Gasteiger partial charge in [0, 0.05) is 25.8 Å². The third kappa shape index (κ3) is 5.49. The molecule has 0 aliphatic carbocycles. The molecule has 1 N–H and O–H groups in total. The van der Waals surface area contributed by atoms with Gasteiger partial charge in [0.15, 0.2) is 11.5 Å². The topological polar surface area (TPSA) is 94.5 Å². The van der Waals surface area contributed by atoms with Crippen LogP contribution in [0.3, 0.4) is 0 Å². The van der Waals surface area contributed by atoms with Crippen molar-refractivity contribution in [3.8, 4) is 17.2 Å². The lowest BCUT2D eigenvalue weighted by Crippen LogP contribution is -2.31. The van der Waals surface area contributed by atoms with Crippen LogP contribution in [0.5, 0.6) is 17.2 Å². The highest BCUT2D eigenvalue weighted by molar-refractivity contribution is 6.46. The molecular formula is C28H33NO7. The summed E-state index contributed by atoms with van der Waals surface area (Å²) >= 11 is 0. The Bertz CT molecular complexity index is 1130. The molecule has 2 aromatic rings. The summed E-state index contributed by atoms with van der Waals surface area (Å²) < 4.78 is 22.3. The van der Waals surface area contributed by atoms with Crippen LogP contribution < -0.4 is 14.2 Å². The summed E-state index contributed by atoms with van der Waals surface area (Å²) in [6.45, 7) is 4.31. The first-order valence-electron chi connectivity index (χ1n) is 12.4. The zero-order chi connectivity index (χ0) is 25.5. The fourth-order valence-corrected chi connectivity index (χ4v) is 4.50. The van der Waals surface area contributed by atoms with Gasteiger partial charge < -0.3 is 29.0 Å². The average molecular weight is 496 g/mol. The van der Waals surface area contributed by atoms with Crippen LogP contribution in [-0.2, 0) is 14.3 Å². The number of carbonyl (C=O) groups excluding carboxylic acids is 2. The van der Waals surface area contributed by atoms with Crippen LogP contribution in [0.4, 0.5) is 0 Å². The van der Waals surface area contributed by atoms with Crippen molar-refractivity contribution in [3.05, 3.63) is 59.2 Å². The summed E-state index contributed by atoms with van der Waals surface area (Å²) in [6.07, 6.45) is 3.67. The van der Waals surface area contributed by atoms with Crippen molar-refractivity contribution < 1.29 is 33.6 Å². The van der Waals surface area contributed by atoms with Crippen LogP contribution in [0.1, 0.15) is 49.8 Å².